The van der Waals surface area contributed by atoms with E-state index in [4.69, 9.17) is 4.74 Å². The summed E-state index contributed by atoms with van der Waals surface area (Å²) >= 11 is 3.15. The maximum absolute atomic E-state index is 11.7. The van der Waals surface area contributed by atoms with E-state index in [0.29, 0.717) is 16.9 Å². The summed E-state index contributed by atoms with van der Waals surface area (Å²) in [5.74, 6) is 0.526. The molecule has 0 bridgehead atoms. The molecule has 0 spiro atoms. The number of halogens is 1. The highest BCUT2D eigenvalue weighted by Crippen LogP contribution is 2.07. The molecule has 2 aromatic rings. The summed E-state index contributed by atoms with van der Waals surface area (Å²) in [4.78, 5) is 19.9. The molecular formula is C11H10BrN3O2. The van der Waals surface area contributed by atoms with Crippen molar-refractivity contribution in [1.29, 1.82) is 0 Å². The molecule has 0 radical (unpaired) electrons. The molecule has 0 aliphatic rings. The first-order valence-electron chi connectivity index (χ1n) is 4.90. The Labute approximate surface area is 106 Å². The third-order valence-electron chi connectivity index (χ3n) is 2.18. The predicted octanol–water partition coefficient (Wildman–Crippen LogP) is 1.46. The second-order valence-corrected chi connectivity index (χ2v) is 4.20. The molecule has 17 heavy (non-hydrogen) atoms. The van der Waals surface area contributed by atoms with Crippen LogP contribution in [-0.4, -0.2) is 21.6 Å². The summed E-state index contributed by atoms with van der Waals surface area (Å²) in [6, 6.07) is 5.42. The molecule has 0 aromatic carbocycles. The summed E-state index contributed by atoms with van der Waals surface area (Å²) in [5, 5.41) is 0. The molecule has 0 unspecified atom stereocenters. The van der Waals surface area contributed by atoms with E-state index in [1.807, 2.05) is 12.1 Å². The molecule has 0 aliphatic heterocycles. The molecule has 0 N–H and O–H groups in total. The normalized spacial score (nSPS) is 10.2. The highest BCUT2D eigenvalue weighted by atomic mass is 79.9. The van der Waals surface area contributed by atoms with Crippen molar-refractivity contribution in [1.82, 2.24) is 14.5 Å². The van der Waals surface area contributed by atoms with Crippen LogP contribution in [0.1, 0.15) is 5.69 Å². The maximum atomic E-state index is 11.7. The van der Waals surface area contributed by atoms with Gasteiger partial charge in [0, 0.05) is 12.3 Å². The van der Waals surface area contributed by atoms with Crippen LogP contribution in [0.2, 0.25) is 0 Å². The maximum Gasteiger partial charge on any atom is 0.267 e. The van der Waals surface area contributed by atoms with Crippen molar-refractivity contribution in [3.05, 3.63) is 51.2 Å². The van der Waals surface area contributed by atoms with Gasteiger partial charge in [0.25, 0.3) is 5.56 Å². The lowest BCUT2D eigenvalue weighted by Crippen LogP contribution is -2.21. The van der Waals surface area contributed by atoms with Gasteiger partial charge >= 0.3 is 0 Å². The monoisotopic (exact) mass is 295 g/mol. The number of ether oxygens (including phenoxy) is 1. The van der Waals surface area contributed by atoms with Crippen molar-refractivity contribution in [3.8, 4) is 5.88 Å². The topological polar surface area (TPSA) is 57.0 Å². The van der Waals surface area contributed by atoms with Crippen molar-refractivity contribution in [3.63, 3.8) is 0 Å². The Kier molecular flexibility index (Phi) is 3.53. The van der Waals surface area contributed by atoms with Crippen LogP contribution in [0.25, 0.3) is 0 Å². The van der Waals surface area contributed by atoms with E-state index in [-0.39, 0.29) is 5.56 Å². The van der Waals surface area contributed by atoms with Crippen molar-refractivity contribution >= 4 is 15.9 Å². The van der Waals surface area contributed by atoms with Crippen LogP contribution in [-0.2, 0) is 6.54 Å². The fourth-order valence-corrected chi connectivity index (χ4v) is 1.72. The molecule has 88 valence electrons. The second-order valence-electron chi connectivity index (χ2n) is 3.35. The number of pyridine rings is 1. The fourth-order valence-electron chi connectivity index (χ4n) is 1.37. The minimum absolute atomic E-state index is 0.135. The Morgan fingerprint density at radius 2 is 2.29 bits per heavy atom. The minimum Gasteiger partial charge on any atom is -0.481 e. The van der Waals surface area contributed by atoms with Crippen LogP contribution >= 0.6 is 15.9 Å². The molecule has 2 heterocycles. The highest BCUT2D eigenvalue weighted by Gasteiger charge is 2.03. The van der Waals surface area contributed by atoms with Gasteiger partial charge in [0.1, 0.15) is 4.47 Å². The minimum atomic E-state index is -0.135. The first-order valence-corrected chi connectivity index (χ1v) is 5.70. The van der Waals surface area contributed by atoms with Gasteiger partial charge in [-0.15, -0.1) is 0 Å². The van der Waals surface area contributed by atoms with Gasteiger partial charge in [-0.3, -0.25) is 9.36 Å². The van der Waals surface area contributed by atoms with Gasteiger partial charge in [0.2, 0.25) is 5.88 Å². The van der Waals surface area contributed by atoms with Gasteiger partial charge in [-0.1, -0.05) is 6.07 Å². The van der Waals surface area contributed by atoms with Gasteiger partial charge in [-0.2, -0.15) is 0 Å². The summed E-state index contributed by atoms with van der Waals surface area (Å²) in [6.45, 7) is 0.364. The van der Waals surface area contributed by atoms with Crippen LogP contribution in [0.3, 0.4) is 0 Å². The van der Waals surface area contributed by atoms with Gasteiger partial charge in [-0.25, -0.2) is 9.97 Å². The molecule has 6 heteroatoms. The van der Waals surface area contributed by atoms with Gasteiger partial charge in [0.15, 0.2) is 0 Å². The Bertz CT molecular complexity index is 583. The van der Waals surface area contributed by atoms with E-state index in [1.165, 1.54) is 17.1 Å². The number of nitrogens with zero attached hydrogens (tertiary/aromatic N) is 3. The Balaban J connectivity index is 2.31. The third-order valence-corrected chi connectivity index (χ3v) is 2.73. The second kappa shape index (κ2) is 5.09. The number of rotatable bonds is 3. The summed E-state index contributed by atoms with van der Waals surface area (Å²) in [5.41, 5.74) is 0.607. The van der Waals surface area contributed by atoms with Crippen molar-refractivity contribution in [2.75, 3.05) is 7.11 Å². The SMILES string of the molecule is COc1cccc(Cn2cncc(Br)c2=O)n1. The Hall–Kier alpha value is -1.69. The zero-order valence-corrected chi connectivity index (χ0v) is 10.7. The van der Waals surface area contributed by atoms with Crippen molar-refractivity contribution in [2.24, 2.45) is 0 Å². The standard InChI is InChI=1S/C11H10BrN3O2/c1-17-10-4-2-3-8(14-10)6-15-7-13-5-9(12)11(15)16/h2-5,7H,6H2,1H3. The number of hydrogen-bond donors (Lipinski definition) is 0. The smallest absolute Gasteiger partial charge is 0.267 e. The zero-order chi connectivity index (χ0) is 12.3. The van der Waals surface area contributed by atoms with Crippen LogP contribution in [0.4, 0.5) is 0 Å². The number of methoxy groups -OCH3 is 1. The Morgan fingerprint density at radius 3 is 3.06 bits per heavy atom. The third kappa shape index (κ3) is 2.71. The lowest BCUT2D eigenvalue weighted by Gasteiger charge is -2.06. The van der Waals surface area contributed by atoms with E-state index < -0.39 is 0 Å². The predicted molar refractivity (Wildman–Crippen MR) is 66.1 cm³/mol. The van der Waals surface area contributed by atoms with Gasteiger partial charge in [-0.05, 0) is 22.0 Å². The van der Waals surface area contributed by atoms with Crippen LogP contribution in [0, 0.1) is 0 Å². The van der Waals surface area contributed by atoms with Gasteiger partial charge in [0.05, 0.1) is 25.7 Å². The van der Waals surface area contributed by atoms with E-state index in [2.05, 4.69) is 25.9 Å². The van der Waals surface area contributed by atoms with Crippen LogP contribution in [0.5, 0.6) is 5.88 Å². The number of aromatic nitrogens is 3. The molecule has 2 aromatic heterocycles. The lowest BCUT2D eigenvalue weighted by molar-refractivity contribution is 0.395. The fraction of sp³-hybridized carbons (Fsp3) is 0.182. The van der Waals surface area contributed by atoms with Crippen molar-refractivity contribution < 1.29 is 4.74 Å². The van der Waals surface area contributed by atoms with Crippen molar-refractivity contribution in [2.45, 2.75) is 6.54 Å². The van der Waals surface area contributed by atoms with Crippen LogP contribution in [0.15, 0.2) is 40.0 Å². The van der Waals surface area contributed by atoms with E-state index in [1.54, 1.807) is 13.2 Å². The quantitative estimate of drug-likeness (QED) is 0.860. The molecule has 0 saturated heterocycles. The molecular weight excluding hydrogens is 286 g/mol. The highest BCUT2D eigenvalue weighted by molar-refractivity contribution is 9.10. The summed E-state index contributed by atoms with van der Waals surface area (Å²) in [7, 11) is 1.55. The zero-order valence-electron chi connectivity index (χ0n) is 9.13. The molecule has 5 nitrogen and oxygen atoms in total. The van der Waals surface area contributed by atoms with Crippen LogP contribution < -0.4 is 10.3 Å². The van der Waals surface area contributed by atoms with E-state index >= 15 is 0 Å². The molecule has 2 rings (SSSR count). The summed E-state index contributed by atoms with van der Waals surface area (Å²) in [6.07, 6.45) is 2.95. The molecule has 0 atom stereocenters. The molecule has 0 aliphatic carbocycles. The van der Waals surface area contributed by atoms with Gasteiger partial charge < -0.3 is 4.74 Å². The number of hydrogen-bond acceptors (Lipinski definition) is 4. The molecule has 0 saturated carbocycles. The first-order chi connectivity index (χ1) is 8.20. The lowest BCUT2D eigenvalue weighted by atomic mass is 10.3. The molecule has 0 fully saturated rings. The average molecular weight is 296 g/mol. The molecule has 0 amide bonds. The van der Waals surface area contributed by atoms with E-state index in [0.717, 1.165) is 5.69 Å². The largest absolute Gasteiger partial charge is 0.481 e. The van der Waals surface area contributed by atoms with E-state index in [9.17, 15) is 4.79 Å². The Morgan fingerprint density at radius 1 is 1.47 bits per heavy atom. The first kappa shape index (κ1) is 11.8. The summed E-state index contributed by atoms with van der Waals surface area (Å²) < 4.78 is 6.93. The average Bonchev–Trinajstić information content (AvgIpc) is 2.35.